The molecule has 0 aliphatic rings. The van der Waals surface area contributed by atoms with Crippen molar-refractivity contribution in [2.75, 3.05) is 23.8 Å². The maximum absolute atomic E-state index is 11.6. The standard InChI is InChI=1S/C11H16N4O2S/c1-8(16)12-13-9-4-6-10(7-5-9)15(18)11(17)14(2)3/h4-7,13,18H,1-3H3,(H,12,16). The van der Waals surface area contributed by atoms with Crippen molar-refractivity contribution in [3.05, 3.63) is 24.3 Å². The molecule has 7 heteroatoms. The van der Waals surface area contributed by atoms with E-state index in [4.69, 9.17) is 0 Å². The van der Waals surface area contributed by atoms with Crippen LogP contribution in [0.15, 0.2) is 24.3 Å². The van der Waals surface area contributed by atoms with Crippen molar-refractivity contribution in [2.45, 2.75) is 6.92 Å². The molecule has 0 fully saturated rings. The molecular weight excluding hydrogens is 252 g/mol. The highest BCUT2D eigenvalue weighted by Gasteiger charge is 2.13. The second-order valence-corrected chi connectivity index (χ2v) is 4.24. The number of urea groups is 1. The number of hydrogen-bond donors (Lipinski definition) is 3. The maximum Gasteiger partial charge on any atom is 0.334 e. The number of rotatable bonds is 3. The van der Waals surface area contributed by atoms with Crippen LogP contribution in [0.2, 0.25) is 0 Å². The van der Waals surface area contributed by atoms with Crippen LogP contribution in [-0.2, 0) is 4.79 Å². The van der Waals surface area contributed by atoms with E-state index < -0.39 is 0 Å². The number of hydrazine groups is 1. The third-order valence-corrected chi connectivity index (χ3v) is 2.46. The van der Waals surface area contributed by atoms with E-state index in [2.05, 4.69) is 23.7 Å². The number of anilines is 2. The fourth-order valence-electron chi connectivity index (χ4n) is 1.15. The van der Waals surface area contributed by atoms with Crippen molar-refractivity contribution in [2.24, 2.45) is 0 Å². The van der Waals surface area contributed by atoms with Crippen LogP contribution in [0, 0.1) is 0 Å². The summed E-state index contributed by atoms with van der Waals surface area (Å²) in [7, 11) is 3.30. The number of nitrogens with zero attached hydrogens (tertiary/aromatic N) is 2. The van der Waals surface area contributed by atoms with Crippen molar-refractivity contribution in [3.8, 4) is 0 Å². The fraction of sp³-hybridized carbons (Fsp3) is 0.273. The molecule has 0 aliphatic carbocycles. The van der Waals surface area contributed by atoms with Gasteiger partial charge in [-0.1, -0.05) is 12.8 Å². The topological polar surface area (TPSA) is 64.7 Å². The van der Waals surface area contributed by atoms with Crippen LogP contribution in [-0.4, -0.2) is 30.9 Å². The predicted octanol–water partition coefficient (Wildman–Crippen LogP) is 1.48. The first-order valence-corrected chi connectivity index (χ1v) is 5.64. The molecule has 1 aromatic carbocycles. The Balaban J connectivity index is 2.70. The molecule has 18 heavy (non-hydrogen) atoms. The molecule has 6 nitrogen and oxygen atoms in total. The van der Waals surface area contributed by atoms with Crippen LogP contribution in [0.25, 0.3) is 0 Å². The number of benzene rings is 1. The molecule has 0 saturated carbocycles. The molecule has 0 saturated heterocycles. The summed E-state index contributed by atoms with van der Waals surface area (Å²) in [5.74, 6) is -0.183. The summed E-state index contributed by atoms with van der Waals surface area (Å²) < 4.78 is 1.24. The summed E-state index contributed by atoms with van der Waals surface area (Å²) in [6.07, 6.45) is 0. The van der Waals surface area contributed by atoms with Crippen molar-refractivity contribution in [1.29, 1.82) is 0 Å². The Kier molecular flexibility index (Phi) is 4.85. The van der Waals surface area contributed by atoms with E-state index in [9.17, 15) is 9.59 Å². The number of nitrogens with one attached hydrogen (secondary N) is 2. The average Bonchev–Trinajstić information content (AvgIpc) is 2.35. The van der Waals surface area contributed by atoms with Crippen molar-refractivity contribution < 1.29 is 9.59 Å². The molecule has 0 atom stereocenters. The lowest BCUT2D eigenvalue weighted by atomic mass is 10.3. The molecule has 0 heterocycles. The lowest BCUT2D eigenvalue weighted by Gasteiger charge is -2.20. The van der Waals surface area contributed by atoms with Gasteiger partial charge in [-0.05, 0) is 24.3 Å². The molecule has 0 aliphatic heterocycles. The summed E-state index contributed by atoms with van der Waals surface area (Å²) in [5.41, 5.74) is 6.54. The Morgan fingerprint density at radius 1 is 1.17 bits per heavy atom. The Hall–Kier alpha value is -1.89. The zero-order chi connectivity index (χ0) is 13.7. The minimum atomic E-state index is -0.235. The Morgan fingerprint density at radius 3 is 2.17 bits per heavy atom. The fourth-order valence-corrected chi connectivity index (χ4v) is 1.46. The molecular formula is C11H16N4O2S. The Bertz CT molecular complexity index is 433. The summed E-state index contributed by atoms with van der Waals surface area (Å²) in [5, 5.41) is 0. The van der Waals surface area contributed by atoms with Gasteiger partial charge < -0.3 is 4.90 Å². The van der Waals surface area contributed by atoms with Gasteiger partial charge in [0.2, 0.25) is 5.91 Å². The van der Waals surface area contributed by atoms with Gasteiger partial charge in [-0.25, -0.2) is 9.10 Å². The van der Waals surface area contributed by atoms with Crippen molar-refractivity contribution in [1.82, 2.24) is 10.3 Å². The minimum Gasteiger partial charge on any atom is -0.330 e. The van der Waals surface area contributed by atoms with Gasteiger partial charge in [0.15, 0.2) is 0 Å². The van der Waals surface area contributed by atoms with Crippen LogP contribution < -0.4 is 15.2 Å². The smallest absolute Gasteiger partial charge is 0.330 e. The largest absolute Gasteiger partial charge is 0.334 e. The van der Waals surface area contributed by atoms with Gasteiger partial charge in [0, 0.05) is 21.0 Å². The molecule has 0 aromatic heterocycles. The lowest BCUT2D eigenvalue weighted by Crippen LogP contribution is -2.32. The number of thiol groups is 1. The van der Waals surface area contributed by atoms with Gasteiger partial charge in [0.1, 0.15) is 0 Å². The zero-order valence-electron chi connectivity index (χ0n) is 10.5. The van der Waals surface area contributed by atoms with Gasteiger partial charge in [-0.3, -0.25) is 15.6 Å². The highest BCUT2D eigenvalue weighted by atomic mass is 32.1. The number of hydrogen-bond acceptors (Lipinski definition) is 4. The van der Waals surface area contributed by atoms with Crippen LogP contribution >= 0.6 is 12.8 Å². The van der Waals surface area contributed by atoms with Gasteiger partial charge in [0.25, 0.3) is 0 Å². The van der Waals surface area contributed by atoms with Crippen molar-refractivity contribution >= 4 is 36.1 Å². The van der Waals surface area contributed by atoms with Crippen molar-refractivity contribution in [3.63, 3.8) is 0 Å². The van der Waals surface area contributed by atoms with E-state index >= 15 is 0 Å². The van der Waals surface area contributed by atoms with Gasteiger partial charge in [-0.2, -0.15) is 0 Å². The van der Waals surface area contributed by atoms with Gasteiger partial charge in [-0.15, -0.1) is 0 Å². The maximum atomic E-state index is 11.6. The third-order valence-electron chi connectivity index (χ3n) is 2.06. The Labute approximate surface area is 111 Å². The predicted molar refractivity (Wildman–Crippen MR) is 74.4 cm³/mol. The van der Waals surface area contributed by atoms with E-state index in [1.807, 2.05) is 0 Å². The average molecular weight is 268 g/mol. The second-order valence-electron chi connectivity index (χ2n) is 3.84. The number of amides is 3. The van der Waals surface area contributed by atoms with Gasteiger partial charge in [0.05, 0.1) is 11.4 Å². The first kappa shape index (κ1) is 14.2. The molecule has 0 radical (unpaired) electrons. The van der Waals surface area contributed by atoms with Gasteiger partial charge >= 0.3 is 6.03 Å². The first-order chi connectivity index (χ1) is 8.41. The highest BCUT2D eigenvalue weighted by molar-refractivity contribution is 7.82. The van der Waals surface area contributed by atoms with Crippen LogP contribution in [0.5, 0.6) is 0 Å². The molecule has 3 amide bonds. The van der Waals surface area contributed by atoms with Crippen LogP contribution in [0.3, 0.4) is 0 Å². The van der Waals surface area contributed by atoms with Crippen LogP contribution in [0.1, 0.15) is 6.92 Å². The second kappa shape index (κ2) is 6.15. The lowest BCUT2D eigenvalue weighted by molar-refractivity contribution is -0.118. The monoisotopic (exact) mass is 268 g/mol. The molecule has 0 spiro atoms. The van der Waals surface area contributed by atoms with E-state index in [0.29, 0.717) is 11.4 Å². The highest BCUT2D eigenvalue weighted by Crippen LogP contribution is 2.20. The molecule has 2 N–H and O–H groups in total. The summed E-state index contributed by atoms with van der Waals surface area (Å²) >= 11 is 4.12. The van der Waals surface area contributed by atoms with E-state index in [1.165, 1.54) is 16.1 Å². The SMILES string of the molecule is CC(=O)NNc1ccc(N(S)C(=O)N(C)C)cc1. The molecule has 1 aromatic rings. The molecule has 0 unspecified atom stereocenters. The van der Waals surface area contributed by atoms with E-state index in [1.54, 1.807) is 38.4 Å². The number of carbonyl (C=O) groups excluding carboxylic acids is 2. The summed E-state index contributed by atoms with van der Waals surface area (Å²) in [6, 6.07) is 6.67. The number of carbonyl (C=O) groups is 2. The quantitative estimate of drug-likeness (QED) is 0.575. The summed E-state index contributed by atoms with van der Waals surface area (Å²) in [4.78, 5) is 23.8. The molecule has 1 rings (SSSR count). The van der Waals surface area contributed by atoms with E-state index in [-0.39, 0.29) is 11.9 Å². The zero-order valence-corrected chi connectivity index (χ0v) is 11.4. The van der Waals surface area contributed by atoms with Crippen LogP contribution in [0.4, 0.5) is 16.2 Å². The Morgan fingerprint density at radius 2 is 1.72 bits per heavy atom. The minimum absolute atomic E-state index is 0.183. The molecule has 98 valence electrons. The summed E-state index contributed by atoms with van der Waals surface area (Å²) in [6.45, 7) is 1.41. The molecule has 0 bridgehead atoms. The first-order valence-electron chi connectivity index (χ1n) is 5.24. The third kappa shape index (κ3) is 3.85. The normalized spacial score (nSPS) is 9.56. The van der Waals surface area contributed by atoms with E-state index in [0.717, 1.165) is 0 Å².